The molecule has 1 aliphatic heterocycles. The largest absolute Gasteiger partial charge is 0.470 e. The summed E-state index contributed by atoms with van der Waals surface area (Å²) >= 11 is -0.944. The Bertz CT molecular complexity index is 1010. The maximum Gasteiger partial charge on any atom is 0.470 e. The molecule has 30 heavy (non-hydrogen) atoms. The number of amides is 2. The Morgan fingerprint density at radius 1 is 1.13 bits per heavy atom. The molecule has 0 bridgehead atoms. The summed E-state index contributed by atoms with van der Waals surface area (Å²) < 4.78 is 46.7. The van der Waals surface area contributed by atoms with E-state index in [-0.39, 0.29) is 21.6 Å². The SMILES string of the molecule is CCCCOC(=O)/C=C/c1ccc2c3c(cccc13)C(=O)N(OSC(F)(F)F)C2=O. The lowest BCUT2D eigenvalue weighted by atomic mass is 9.92. The van der Waals surface area contributed by atoms with Gasteiger partial charge in [0.15, 0.2) is 0 Å². The third kappa shape index (κ3) is 4.65. The Hall–Kier alpha value is -2.85. The fraction of sp³-hybridized carbons (Fsp3) is 0.250. The molecule has 158 valence electrons. The quantitative estimate of drug-likeness (QED) is 0.201. The first-order chi connectivity index (χ1) is 14.2. The second-order valence-electron chi connectivity index (χ2n) is 6.29. The number of alkyl halides is 3. The molecule has 2 aromatic rings. The molecule has 0 N–H and O–H groups in total. The zero-order valence-electron chi connectivity index (χ0n) is 15.7. The number of carbonyl (C=O) groups excluding carboxylic acids is 3. The van der Waals surface area contributed by atoms with Gasteiger partial charge in [-0.25, -0.2) is 4.79 Å². The number of nitrogens with zero attached hydrogens (tertiary/aromatic N) is 1. The molecule has 0 spiro atoms. The molecule has 0 atom stereocenters. The number of benzene rings is 2. The van der Waals surface area contributed by atoms with Gasteiger partial charge in [-0.1, -0.05) is 31.5 Å². The number of hydrogen-bond donors (Lipinski definition) is 0. The van der Waals surface area contributed by atoms with Crippen LogP contribution in [0.1, 0.15) is 46.0 Å². The third-order valence-electron chi connectivity index (χ3n) is 4.25. The molecule has 2 aromatic carbocycles. The minimum absolute atomic E-state index is 0.0191. The summed E-state index contributed by atoms with van der Waals surface area (Å²) in [5.41, 5.74) is -4.20. The summed E-state index contributed by atoms with van der Waals surface area (Å²) in [6, 6.07) is 7.46. The number of ether oxygens (including phenoxy) is 1. The van der Waals surface area contributed by atoms with Crippen molar-refractivity contribution < 1.29 is 36.6 Å². The molecule has 0 aliphatic carbocycles. The fourth-order valence-corrected chi connectivity index (χ4v) is 3.21. The molecule has 0 saturated carbocycles. The molecular weight excluding hydrogens is 423 g/mol. The highest BCUT2D eigenvalue weighted by molar-refractivity contribution is 7.95. The van der Waals surface area contributed by atoms with Crippen molar-refractivity contribution in [2.45, 2.75) is 25.3 Å². The zero-order chi connectivity index (χ0) is 21.9. The van der Waals surface area contributed by atoms with E-state index in [2.05, 4.69) is 4.28 Å². The van der Waals surface area contributed by atoms with E-state index in [4.69, 9.17) is 4.74 Å². The van der Waals surface area contributed by atoms with Gasteiger partial charge in [-0.2, -0.15) is 17.5 Å². The summed E-state index contributed by atoms with van der Waals surface area (Å²) in [7, 11) is 0. The van der Waals surface area contributed by atoms with Gasteiger partial charge >= 0.3 is 11.5 Å². The number of halogens is 3. The highest BCUT2D eigenvalue weighted by Crippen LogP contribution is 2.37. The van der Waals surface area contributed by atoms with Gasteiger partial charge < -0.3 is 4.74 Å². The smallest absolute Gasteiger partial charge is 0.463 e. The normalized spacial score (nSPS) is 14.1. The van der Waals surface area contributed by atoms with Gasteiger partial charge in [-0.15, -0.1) is 5.06 Å². The molecule has 10 heteroatoms. The van der Waals surface area contributed by atoms with Crippen LogP contribution in [0, 0.1) is 0 Å². The molecule has 0 unspecified atom stereocenters. The Kier molecular flexibility index (Phi) is 6.47. The van der Waals surface area contributed by atoms with Gasteiger partial charge in [0.1, 0.15) is 12.0 Å². The van der Waals surface area contributed by atoms with Crippen molar-refractivity contribution in [1.29, 1.82) is 0 Å². The van der Waals surface area contributed by atoms with E-state index >= 15 is 0 Å². The lowest BCUT2D eigenvalue weighted by molar-refractivity contribution is -0.137. The van der Waals surface area contributed by atoms with Crippen molar-refractivity contribution in [2.24, 2.45) is 0 Å². The van der Waals surface area contributed by atoms with E-state index in [1.807, 2.05) is 6.92 Å². The summed E-state index contributed by atoms with van der Waals surface area (Å²) in [6.45, 7) is 2.27. The number of hydrogen-bond acceptors (Lipinski definition) is 6. The maximum absolute atomic E-state index is 12.6. The highest BCUT2D eigenvalue weighted by Gasteiger charge is 2.39. The van der Waals surface area contributed by atoms with Crippen LogP contribution >= 0.6 is 12.0 Å². The van der Waals surface area contributed by atoms with E-state index in [1.165, 1.54) is 36.4 Å². The molecular formula is C20H16F3NO5S. The first-order valence-corrected chi connectivity index (χ1v) is 9.69. The first kappa shape index (κ1) is 21.8. The Morgan fingerprint density at radius 2 is 1.83 bits per heavy atom. The summed E-state index contributed by atoms with van der Waals surface area (Å²) in [4.78, 5) is 36.9. The predicted octanol–water partition coefficient (Wildman–Crippen LogP) is 4.89. The summed E-state index contributed by atoms with van der Waals surface area (Å²) in [5, 5.41) is 0.869. The topological polar surface area (TPSA) is 72.9 Å². The lowest BCUT2D eigenvalue weighted by Crippen LogP contribution is -2.39. The highest BCUT2D eigenvalue weighted by atomic mass is 32.2. The molecule has 6 nitrogen and oxygen atoms in total. The molecule has 1 aliphatic rings. The van der Waals surface area contributed by atoms with E-state index in [0.717, 1.165) is 12.8 Å². The summed E-state index contributed by atoms with van der Waals surface area (Å²) in [5.74, 6) is -2.54. The van der Waals surface area contributed by atoms with Crippen LogP contribution in [0.15, 0.2) is 36.4 Å². The average Bonchev–Trinajstić information content (AvgIpc) is 2.70. The molecule has 2 amide bonds. The average molecular weight is 439 g/mol. The standard InChI is InChI=1S/C20H16F3NO5S/c1-2-3-11-28-16(25)10-8-12-7-9-15-17-13(12)5-4-6-14(17)18(26)24(19(15)27)29-30-20(21,22)23/h4-10H,2-3,11H2,1H3/b10-8+. The van der Waals surface area contributed by atoms with Crippen LogP contribution in [0.5, 0.6) is 0 Å². The minimum atomic E-state index is -4.78. The van der Waals surface area contributed by atoms with Crippen LogP contribution < -0.4 is 0 Å². The number of hydroxylamine groups is 2. The second-order valence-corrected chi connectivity index (χ2v) is 7.07. The Morgan fingerprint density at radius 3 is 2.50 bits per heavy atom. The van der Waals surface area contributed by atoms with E-state index in [9.17, 15) is 27.6 Å². The molecule has 1 heterocycles. The van der Waals surface area contributed by atoms with Crippen LogP contribution in [0.4, 0.5) is 13.2 Å². The monoisotopic (exact) mass is 439 g/mol. The van der Waals surface area contributed by atoms with Gasteiger partial charge in [0.2, 0.25) is 0 Å². The van der Waals surface area contributed by atoms with E-state index < -0.39 is 35.3 Å². The van der Waals surface area contributed by atoms with Crippen LogP contribution in [0.2, 0.25) is 0 Å². The van der Waals surface area contributed by atoms with Gasteiger partial charge in [0.05, 0.1) is 17.7 Å². The molecule has 0 aromatic heterocycles. The Labute approximate surface area is 173 Å². The summed E-state index contributed by atoms with van der Waals surface area (Å²) in [6.07, 6.45) is 4.36. The van der Waals surface area contributed by atoms with Crippen molar-refractivity contribution in [1.82, 2.24) is 5.06 Å². The molecule has 0 saturated heterocycles. The van der Waals surface area contributed by atoms with Crippen molar-refractivity contribution in [3.8, 4) is 0 Å². The number of esters is 1. The van der Waals surface area contributed by atoms with Crippen LogP contribution in [-0.4, -0.2) is 35.0 Å². The Balaban J connectivity index is 1.93. The first-order valence-electron chi connectivity index (χ1n) is 8.95. The number of unbranched alkanes of at least 4 members (excludes halogenated alkanes) is 1. The number of imide groups is 1. The van der Waals surface area contributed by atoms with Crippen LogP contribution in [-0.2, 0) is 13.8 Å². The van der Waals surface area contributed by atoms with Crippen molar-refractivity contribution in [3.05, 3.63) is 53.1 Å². The van der Waals surface area contributed by atoms with E-state index in [1.54, 1.807) is 6.07 Å². The predicted molar refractivity (Wildman–Crippen MR) is 104 cm³/mol. The van der Waals surface area contributed by atoms with Gasteiger partial charge in [0, 0.05) is 11.5 Å². The lowest BCUT2D eigenvalue weighted by Gasteiger charge is -2.25. The number of rotatable bonds is 7. The van der Waals surface area contributed by atoms with Crippen molar-refractivity contribution in [2.75, 3.05) is 6.61 Å². The molecule has 3 rings (SSSR count). The van der Waals surface area contributed by atoms with Gasteiger partial charge in [-0.3, -0.25) is 9.59 Å². The zero-order valence-corrected chi connectivity index (χ0v) is 16.5. The maximum atomic E-state index is 12.6. The van der Waals surface area contributed by atoms with Crippen LogP contribution in [0.25, 0.3) is 16.8 Å². The van der Waals surface area contributed by atoms with E-state index in [0.29, 0.717) is 17.6 Å². The van der Waals surface area contributed by atoms with Gasteiger partial charge in [0.25, 0.3) is 11.8 Å². The molecule has 0 fully saturated rings. The number of carbonyl (C=O) groups is 3. The van der Waals surface area contributed by atoms with Gasteiger partial charge in [-0.05, 0) is 35.6 Å². The second kappa shape index (κ2) is 8.88. The van der Waals surface area contributed by atoms with Crippen LogP contribution in [0.3, 0.4) is 0 Å². The minimum Gasteiger partial charge on any atom is -0.463 e. The van der Waals surface area contributed by atoms with Crippen molar-refractivity contribution in [3.63, 3.8) is 0 Å². The fourth-order valence-electron chi connectivity index (χ4n) is 2.91. The van der Waals surface area contributed by atoms with Crippen molar-refractivity contribution >= 4 is 46.7 Å². The third-order valence-corrected chi connectivity index (χ3v) is 4.66. The molecule has 0 radical (unpaired) electrons.